The van der Waals surface area contributed by atoms with E-state index >= 15 is 0 Å². The minimum absolute atomic E-state index is 0. The zero-order chi connectivity index (χ0) is 13.0. The van der Waals surface area contributed by atoms with Gasteiger partial charge in [0.1, 0.15) is 5.75 Å². The number of carbonyl (C=O) groups excluding carboxylic acids is 1. The molecule has 106 valence electrons. The van der Waals surface area contributed by atoms with Crippen LogP contribution >= 0.6 is 12.4 Å². The second-order valence-electron chi connectivity index (χ2n) is 4.86. The summed E-state index contributed by atoms with van der Waals surface area (Å²) in [6.45, 7) is 3.11. The van der Waals surface area contributed by atoms with Gasteiger partial charge >= 0.3 is 0 Å². The Labute approximate surface area is 120 Å². The minimum Gasteiger partial charge on any atom is -0.494 e. The molecule has 0 atom stereocenters. The van der Waals surface area contributed by atoms with Gasteiger partial charge in [-0.2, -0.15) is 0 Å². The van der Waals surface area contributed by atoms with Crippen molar-refractivity contribution < 1.29 is 9.53 Å². The number of nitrogens with one attached hydrogen (secondary N) is 1. The summed E-state index contributed by atoms with van der Waals surface area (Å²) in [5, 5.41) is 2.89. The van der Waals surface area contributed by atoms with Gasteiger partial charge < -0.3 is 15.8 Å². The van der Waals surface area contributed by atoms with E-state index in [0.29, 0.717) is 18.7 Å². The van der Waals surface area contributed by atoms with Crippen molar-refractivity contribution in [3.63, 3.8) is 0 Å². The van der Waals surface area contributed by atoms with Crippen LogP contribution in [0.25, 0.3) is 0 Å². The van der Waals surface area contributed by atoms with E-state index in [0.717, 1.165) is 25.0 Å². The molecular weight excluding hydrogens is 264 g/mol. The summed E-state index contributed by atoms with van der Waals surface area (Å²) in [4.78, 5) is 11.9. The van der Waals surface area contributed by atoms with Crippen LogP contribution in [0.1, 0.15) is 36.5 Å². The number of benzene rings is 1. The highest BCUT2D eigenvalue weighted by atomic mass is 35.5. The number of ether oxygens (including phenoxy) is 1. The van der Waals surface area contributed by atoms with Crippen molar-refractivity contribution in [2.24, 2.45) is 5.73 Å². The third kappa shape index (κ3) is 4.11. The van der Waals surface area contributed by atoms with Crippen molar-refractivity contribution in [1.29, 1.82) is 0 Å². The molecule has 0 unspecified atom stereocenters. The highest BCUT2D eigenvalue weighted by molar-refractivity contribution is 5.94. The molecule has 0 heterocycles. The predicted octanol–water partition coefficient (Wildman–Crippen LogP) is 2.12. The number of hydrogen-bond acceptors (Lipinski definition) is 3. The summed E-state index contributed by atoms with van der Waals surface area (Å²) in [6, 6.07) is 7.15. The highest BCUT2D eigenvalue weighted by Crippen LogP contribution is 2.28. The average Bonchev–Trinajstić information content (AvgIpc) is 2.35. The molecular formula is C14H21ClN2O2. The van der Waals surface area contributed by atoms with Crippen LogP contribution in [-0.4, -0.2) is 24.6 Å². The topological polar surface area (TPSA) is 64.3 Å². The summed E-state index contributed by atoms with van der Waals surface area (Å²) in [6.07, 6.45) is 3.16. The molecule has 4 nitrogen and oxygen atoms in total. The van der Waals surface area contributed by atoms with Gasteiger partial charge in [0.15, 0.2) is 0 Å². The molecule has 0 aliphatic heterocycles. The van der Waals surface area contributed by atoms with E-state index in [4.69, 9.17) is 10.5 Å². The average molecular weight is 285 g/mol. The van der Waals surface area contributed by atoms with E-state index in [1.807, 2.05) is 6.92 Å². The maximum atomic E-state index is 11.9. The smallest absolute Gasteiger partial charge is 0.251 e. The van der Waals surface area contributed by atoms with Gasteiger partial charge in [-0.1, -0.05) is 0 Å². The van der Waals surface area contributed by atoms with Crippen molar-refractivity contribution in [1.82, 2.24) is 5.32 Å². The van der Waals surface area contributed by atoms with Crippen LogP contribution in [0.3, 0.4) is 0 Å². The Hall–Kier alpha value is -1.26. The van der Waals surface area contributed by atoms with Gasteiger partial charge in [0, 0.05) is 17.6 Å². The van der Waals surface area contributed by atoms with E-state index < -0.39 is 0 Å². The first kappa shape index (κ1) is 15.8. The fourth-order valence-electron chi connectivity index (χ4n) is 2.04. The van der Waals surface area contributed by atoms with Crippen LogP contribution in [0.2, 0.25) is 0 Å². The van der Waals surface area contributed by atoms with E-state index in [-0.39, 0.29) is 23.9 Å². The molecule has 5 heteroatoms. The largest absolute Gasteiger partial charge is 0.494 e. The first-order chi connectivity index (χ1) is 8.63. The fourth-order valence-corrected chi connectivity index (χ4v) is 2.04. The van der Waals surface area contributed by atoms with Gasteiger partial charge in [0.25, 0.3) is 5.91 Å². The highest BCUT2D eigenvalue weighted by Gasteiger charge is 2.32. The van der Waals surface area contributed by atoms with Crippen LogP contribution in [0.15, 0.2) is 24.3 Å². The van der Waals surface area contributed by atoms with Crippen LogP contribution in [0, 0.1) is 0 Å². The zero-order valence-electron chi connectivity index (χ0n) is 11.1. The third-order valence-electron chi connectivity index (χ3n) is 3.38. The molecule has 1 aliphatic rings. The van der Waals surface area contributed by atoms with Crippen LogP contribution in [0.5, 0.6) is 5.75 Å². The number of carbonyl (C=O) groups is 1. The van der Waals surface area contributed by atoms with Gasteiger partial charge in [-0.25, -0.2) is 0 Å². The summed E-state index contributed by atoms with van der Waals surface area (Å²) in [7, 11) is 0. The molecule has 0 radical (unpaired) electrons. The number of amides is 1. The maximum absolute atomic E-state index is 11.9. The lowest BCUT2D eigenvalue weighted by Crippen LogP contribution is -2.54. The third-order valence-corrected chi connectivity index (χ3v) is 3.38. The molecule has 2 rings (SSSR count). The van der Waals surface area contributed by atoms with Crippen molar-refractivity contribution in [3.05, 3.63) is 29.8 Å². The predicted molar refractivity (Wildman–Crippen MR) is 78.0 cm³/mol. The molecule has 0 bridgehead atoms. The first-order valence-electron chi connectivity index (χ1n) is 6.43. The van der Waals surface area contributed by atoms with E-state index in [1.165, 1.54) is 0 Å². The Kier molecular flexibility index (Phi) is 5.63. The normalized spacial score (nSPS) is 15.9. The van der Waals surface area contributed by atoms with Crippen molar-refractivity contribution in [2.45, 2.75) is 31.7 Å². The van der Waals surface area contributed by atoms with Crippen molar-refractivity contribution in [3.8, 4) is 5.75 Å². The maximum Gasteiger partial charge on any atom is 0.251 e. The molecule has 0 aromatic heterocycles. The van der Waals surface area contributed by atoms with Gasteiger partial charge in [-0.05, 0) is 50.5 Å². The summed E-state index contributed by atoms with van der Waals surface area (Å²) in [5.74, 6) is 0.707. The van der Waals surface area contributed by atoms with Gasteiger partial charge in [0.05, 0.1) is 6.61 Å². The molecule has 3 N–H and O–H groups in total. The number of nitrogens with two attached hydrogens (primary N) is 1. The van der Waals surface area contributed by atoms with Crippen molar-refractivity contribution in [2.75, 3.05) is 13.2 Å². The van der Waals surface area contributed by atoms with Crippen LogP contribution in [0.4, 0.5) is 0 Å². The molecule has 1 amide bonds. The standard InChI is InChI=1S/C14H20N2O2.ClH/c1-2-18-12-6-4-11(5-7-12)13(17)16-10-14(15)8-3-9-14;/h4-7H,2-3,8-10,15H2,1H3,(H,16,17);1H. The SMILES string of the molecule is CCOc1ccc(C(=O)NCC2(N)CCC2)cc1.Cl. The Morgan fingerprint density at radius 1 is 1.37 bits per heavy atom. The lowest BCUT2D eigenvalue weighted by atomic mass is 9.78. The lowest BCUT2D eigenvalue weighted by Gasteiger charge is -2.38. The number of rotatable bonds is 5. The Morgan fingerprint density at radius 2 is 2.00 bits per heavy atom. The lowest BCUT2D eigenvalue weighted by molar-refractivity contribution is 0.0930. The molecule has 1 aromatic carbocycles. The van der Waals surface area contributed by atoms with Gasteiger partial charge in [0.2, 0.25) is 0 Å². The first-order valence-corrected chi connectivity index (χ1v) is 6.43. The molecule has 19 heavy (non-hydrogen) atoms. The second-order valence-corrected chi connectivity index (χ2v) is 4.86. The number of hydrogen-bond donors (Lipinski definition) is 2. The molecule has 1 fully saturated rings. The Morgan fingerprint density at radius 3 is 2.47 bits per heavy atom. The van der Waals surface area contributed by atoms with Crippen LogP contribution in [-0.2, 0) is 0 Å². The van der Waals surface area contributed by atoms with E-state index in [2.05, 4.69) is 5.32 Å². The summed E-state index contributed by atoms with van der Waals surface area (Å²) < 4.78 is 5.33. The van der Waals surface area contributed by atoms with Crippen LogP contribution < -0.4 is 15.8 Å². The van der Waals surface area contributed by atoms with Crippen molar-refractivity contribution >= 4 is 18.3 Å². The molecule has 0 spiro atoms. The monoisotopic (exact) mass is 284 g/mol. The van der Waals surface area contributed by atoms with Gasteiger partial charge in [-0.15, -0.1) is 12.4 Å². The Bertz CT molecular complexity index is 416. The summed E-state index contributed by atoms with van der Waals surface area (Å²) in [5.41, 5.74) is 6.52. The van der Waals surface area contributed by atoms with Gasteiger partial charge in [-0.3, -0.25) is 4.79 Å². The molecule has 0 saturated heterocycles. The zero-order valence-corrected chi connectivity index (χ0v) is 12.0. The molecule has 1 saturated carbocycles. The quantitative estimate of drug-likeness (QED) is 0.870. The minimum atomic E-state index is -0.180. The van der Waals surface area contributed by atoms with E-state index in [1.54, 1.807) is 24.3 Å². The van der Waals surface area contributed by atoms with E-state index in [9.17, 15) is 4.79 Å². The fraction of sp³-hybridized carbons (Fsp3) is 0.500. The second kappa shape index (κ2) is 6.78. The molecule has 1 aromatic rings. The number of halogens is 1. The Balaban J connectivity index is 0.00000180. The molecule has 1 aliphatic carbocycles. The summed E-state index contributed by atoms with van der Waals surface area (Å²) >= 11 is 0.